The van der Waals surface area contributed by atoms with Crippen LogP contribution in [0.25, 0.3) is 16.6 Å². The zero-order chi connectivity index (χ0) is 23.6. The van der Waals surface area contributed by atoms with Crippen LogP contribution in [-0.4, -0.2) is 57.1 Å². The molecule has 1 aromatic heterocycles. The SMILES string of the molecule is CC(C)COC(=O)[C@@H](CCc1ccc2c(c1)nc(C1=CC(C)C(=O)[N+](C)=C1)n2C)[C@@H](C)O. The van der Waals surface area contributed by atoms with Crippen LogP contribution in [0.3, 0.4) is 0 Å². The molecule has 0 aliphatic carbocycles. The number of amides is 1. The molecular formula is C25H34N3O4+. The number of hydrogen-bond donors (Lipinski definition) is 1. The number of fused-ring (bicyclic) bond motifs is 1. The fraction of sp³-hybridized carbons (Fsp3) is 0.520. The highest BCUT2D eigenvalue weighted by Gasteiger charge is 2.28. The average molecular weight is 441 g/mol. The molecule has 0 spiro atoms. The predicted octanol–water partition coefficient (Wildman–Crippen LogP) is 2.97. The van der Waals surface area contributed by atoms with Crippen LogP contribution in [0.5, 0.6) is 0 Å². The van der Waals surface area contributed by atoms with Gasteiger partial charge in [-0.1, -0.05) is 26.0 Å². The summed E-state index contributed by atoms with van der Waals surface area (Å²) in [5.74, 6) is 0.0367. The minimum atomic E-state index is -0.768. The van der Waals surface area contributed by atoms with Crippen molar-refractivity contribution >= 4 is 34.7 Å². The molecule has 2 aromatic rings. The van der Waals surface area contributed by atoms with E-state index in [0.29, 0.717) is 19.4 Å². The van der Waals surface area contributed by atoms with Gasteiger partial charge in [-0.05, 0) is 50.3 Å². The molecule has 7 heteroatoms. The Morgan fingerprint density at radius 3 is 2.66 bits per heavy atom. The third-order valence-corrected chi connectivity index (χ3v) is 5.89. The van der Waals surface area contributed by atoms with Crippen molar-refractivity contribution in [2.45, 2.75) is 46.6 Å². The number of benzene rings is 1. The molecule has 0 saturated carbocycles. The van der Waals surface area contributed by atoms with Gasteiger partial charge in [0.1, 0.15) is 18.8 Å². The van der Waals surface area contributed by atoms with E-state index in [1.807, 2.05) is 62.9 Å². The van der Waals surface area contributed by atoms with E-state index in [4.69, 9.17) is 9.72 Å². The normalized spacial score (nSPS) is 18.5. The average Bonchev–Trinajstić information content (AvgIpc) is 3.06. The highest BCUT2D eigenvalue weighted by atomic mass is 16.5. The molecule has 3 rings (SSSR count). The van der Waals surface area contributed by atoms with Crippen molar-refractivity contribution in [1.82, 2.24) is 9.55 Å². The summed E-state index contributed by atoms with van der Waals surface area (Å²) in [6.45, 7) is 7.85. The van der Waals surface area contributed by atoms with Crippen molar-refractivity contribution in [1.29, 1.82) is 0 Å². The van der Waals surface area contributed by atoms with Crippen molar-refractivity contribution < 1.29 is 24.0 Å². The summed E-state index contributed by atoms with van der Waals surface area (Å²) in [5, 5.41) is 10.1. The maximum atomic E-state index is 12.4. The molecule has 172 valence electrons. The molecule has 0 radical (unpaired) electrons. The molecule has 0 saturated heterocycles. The first kappa shape index (κ1) is 23.9. The van der Waals surface area contributed by atoms with Gasteiger partial charge in [0.25, 0.3) is 0 Å². The highest BCUT2D eigenvalue weighted by Crippen LogP contribution is 2.25. The largest absolute Gasteiger partial charge is 0.465 e. The topological polar surface area (TPSA) is 84.4 Å². The number of aliphatic hydroxyl groups is 1. The fourth-order valence-corrected chi connectivity index (χ4v) is 4.00. The first-order valence-electron chi connectivity index (χ1n) is 11.2. The van der Waals surface area contributed by atoms with Crippen molar-refractivity contribution in [3.8, 4) is 0 Å². The van der Waals surface area contributed by atoms with Crippen LogP contribution in [-0.2, 0) is 27.8 Å². The molecule has 1 aliphatic rings. The van der Waals surface area contributed by atoms with E-state index in [0.717, 1.165) is 28.0 Å². The number of aromatic nitrogens is 2. The monoisotopic (exact) mass is 440 g/mol. The smallest absolute Gasteiger partial charge is 0.393 e. The Kier molecular flexibility index (Phi) is 7.29. The second-order valence-corrected chi connectivity index (χ2v) is 9.22. The van der Waals surface area contributed by atoms with E-state index >= 15 is 0 Å². The van der Waals surface area contributed by atoms with Crippen LogP contribution in [0.4, 0.5) is 0 Å². The number of hydrogen-bond acceptors (Lipinski definition) is 5. The van der Waals surface area contributed by atoms with Gasteiger partial charge in [-0.2, -0.15) is 4.58 Å². The number of carbonyl (C=O) groups is 2. The zero-order valence-electron chi connectivity index (χ0n) is 19.8. The molecule has 32 heavy (non-hydrogen) atoms. The Bertz CT molecular complexity index is 1080. The molecule has 0 bridgehead atoms. The van der Waals surface area contributed by atoms with Crippen LogP contribution >= 0.6 is 0 Å². The molecular weight excluding hydrogens is 406 g/mol. The van der Waals surface area contributed by atoms with Crippen molar-refractivity contribution in [2.75, 3.05) is 13.7 Å². The van der Waals surface area contributed by atoms with Gasteiger partial charge in [0, 0.05) is 7.05 Å². The van der Waals surface area contributed by atoms with Crippen molar-refractivity contribution in [3.63, 3.8) is 0 Å². The number of aliphatic hydroxyl groups excluding tert-OH is 1. The lowest BCUT2D eigenvalue weighted by molar-refractivity contribution is -0.417. The molecule has 1 aromatic carbocycles. The lowest BCUT2D eigenvalue weighted by Crippen LogP contribution is -2.29. The van der Waals surface area contributed by atoms with Crippen LogP contribution in [0, 0.1) is 17.8 Å². The zero-order valence-corrected chi connectivity index (χ0v) is 19.8. The molecule has 0 fully saturated rings. The van der Waals surface area contributed by atoms with Crippen molar-refractivity contribution in [2.24, 2.45) is 24.8 Å². The maximum Gasteiger partial charge on any atom is 0.393 e. The van der Waals surface area contributed by atoms with E-state index in [1.54, 1.807) is 18.5 Å². The first-order chi connectivity index (χ1) is 15.1. The molecule has 1 N–H and O–H groups in total. The van der Waals surface area contributed by atoms with Gasteiger partial charge in [-0.15, -0.1) is 0 Å². The van der Waals surface area contributed by atoms with Crippen LogP contribution in [0.15, 0.2) is 24.3 Å². The van der Waals surface area contributed by atoms with Gasteiger partial charge in [-0.3, -0.25) is 4.79 Å². The quantitative estimate of drug-likeness (QED) is 0.504. The number of ether oxygens (including phenoxy) is 1. The first-order valence-corrected chi connectivity index (χ1v) is 11.2. The summed E-state index contributed by atoms with van der Waals surface area (Å²) in [7, 11) is 3.73. The summed E-state index contributed by atoms with van der Waals surface area (Å²) in [4.78, 5) is 29.3. The molecule has 2 heterocycles. The van der Waals surface area contributed by atoms with E-state index in [9.17, 15) is 14.7 Å². The Balaban J connectivity index is 1.79. The van der Waals surface area contributed by atoms with Gasteiger partial charge in [-0.25, -0.2) is 9.78 Å². The Morgan fingerprint density at radius 1 is 1.31 bits per heavy atom. The highest BCUT2D eigenvalue weighted by molar-refractivity contribution is 6.10. The number of imidazole rings is 1. The van der Waals surface area contributed by atoms with Crippen LogP contribution < -0.4 is 0 Å². The second-order valence-electron chi connectivity index (χ2n) is 9.22. The summed E-state index contributed by atoms with van der Waals surface area (Å²) < 4.78 is 8.98. The van der Waals surface area contributed by atoms with Crippen LogP contribution in [0.1, 0.15) is 45.5 Å². The van der Waals surface area contributed by atoms with E-state index < -0.39 is 12.0 Å². The van der Waals surface area contributed by atoms with Crippen molar-refractivity contribution in [3.05, 3.63) is 35.7 Å². The Hall–Kier alpha value is -2.80. The van der Waals surface area contributed by atoms with E-state index in [-0.39, 0.29) is 23.7 Å². The summed E-state index contributed by atoms with van der Waals surface area (Å²) in [5.41, 5.74) is 3.82. The van der Waals surface area contributed by atoms with Gasteiger partial charge in [0.15, 0.2) is 6.21 Å². The number of rotatable bonds is 8. The molecule has 7 nitrogen and oxygen atoms in total. The summed E-state index contributed by atoms with van der Waals surface area (Å²) in [6, 6.07) is 6.08. The summed E-state index contributed by atoms with van der Waals surface area (Å²) >= 11 is 0. The third-order valence-electron chi connectivity index (χ3n) is 5.89. The minimum Gasteiger partial charge on any atom is -0.465 e. The minimum absolute atomic E-state index is 0.0642. The van der Waals surface area contributed by atoms with Crippen LogP contribution in [0.2, 0.25) is 0 Å². The maximum absolute atomic E-state index is 12.4. The lowest BCUT2D eigenvalue weighted by Gasteiger charge is -2.19. The molecule has 1 unspecified atom stereocenters. The number of nitrogens with zero attached hydrogens (tertiary/aromatic N) is 3. The molecule has 1 aliphatic heterocycles. The van der Waals surface area contributed by atoms with Gasteiger partial charge in [0.05, 0.1) is 35.2 Å². The van der Waals surface area contributed by atoms with E-state index in [2.05, 4.69) is 0 Å². The number of aryl methyl sites for hydroxylation is 2. The number of allylic oxidation sites excluding steroid dienone is 1. The van der Waals surface area contributed by atoms with Gasteiger partial charge < -0.3 is 14.4 Å². The lowest BCUT2D eigenvalue weighted by atomic mass is 9.95. The van der Waals surface area contributed by atoms with Gasteiger partial charge >= 0.3 is 11.9 Å². The molecule has 3 atom stereocenters. The number of esters is 1. The summed E-state index contributed by atoms with van der Waals surface area (Å²) in [6.07, 6.45) is 4.14. The molecule has 1 amide bonds. The Morgan fingerprint density at radius 2 is 2.03 bits per heavy atom. The third kappa shape index (κ3) is 5.15. The van der Waals surface area contributed by atoms with Gasteiger partial charge in [0.2, 0.25) is 0 Å². The Labute approximate surface area is 189 Å². The standard InChI is InChI=1S/C25H34N3O4/c1-15(2)14-32-25(31)20(17(4)29)9-7-18-8-10-22-21(12-18)26-23(28(22)6)19-11-16(3)24(30)27(5)13-19/h8,10-13,15-17,20,29H,7,9,14H2,1-6H3/q+1/t16?,17-,20+/m1/s1. The fourth-order valence-electron chi connectivity index (χ4n) is 4.00. The number of carbonyl (C=O) groups excluding carboxylic acids is 2. The predicted molar refractivity (Wildman–Crippen MR) is 124 cm³/mol. The van der Waals surface area contributed by atoms with E-state index in [1.165, 1.54) is 0 Å². The second kappa shape index (κ2) is 9.77.